The molecule has 2 aromatic rings. The molecule has 0 heterocycles. The quantitative estimate of drug-likeness (QED) is 0.281. The molecule has 1 nitrogen and oxygen atoms in total. The number of phenols is 1. The topological polar surface area (TPSA) is 20.2 Å². The molecule has 196 valence electrons. The molecular formula is C30H37Cl2F2OTi-. The van der Waals surface area contributed by atoms with Crippen LogP contribution < -0.4 is 0 Å². The van der Waals surface area contributed by atoms with Crippen LogP contribution in [0.1, 0.15) is 77.0 Å². The van der Waals surface area contributed by atoms with Crippen molar-refractivity contribution in [1.82, 2.24) is 0 Å². The first-order valence-electron chi connectivity index (χ1n) is 12.0. The summed E-state index contributed by atoms with van der Waals surface area (Å²) in [6.45, 7) is 12.8. The summed E-state index contributed by atoms with van der Waals surface area (Å²) in [7, 11) is 9.78. The Hall–Kier alpha value is -1.13. The number of halogens is 4. The predicted molar refractivity (Wildman–Crippen MR) is 146 cm³/mol. The van der Waals surface area contributed by atoms with Crippen LogP contribution in [-0.2, 0) is 27.9 Å². The molecule has 1 fully saturated rings. The third kappa shape index (κ3) is 6.65. The van der Waals surface area contributed by atoms with Crippen molar-refractivity contribution >= 4 is 18.6 Å². The molecule has 6 heteroatoms. The summed E-state index contributed by atoms with van der Waals surface area (Å²) >= 11 is -0.556. The molecule has 0 spiro atoms. The zero-order chi connectivity index (χ0) is 26.1. The zero-order valence-corrected chi connectivity index (χ0v) is 25.3. The summed E-state index contributed by atoms with van der Waals surface area (Å²) in [6, 6.07) is 12.2. The Bertz CT molecular complexity index is 1100. The van der Waals surface area contributed by atoms with Gasteiger partial charge in [0.25, 0.3) is 0 Å². The first-order chi connectivity index (χ1) is 16.3. The molecule has 0 saturated heterocycles. The number of fused-ring (bicyclic) bond motifs is 1. The van der Waals surface area contributed by atoms with Gasteiger partial charge in [0.15, 0.2) is 0 Å². The molecule has 0 bridgehead atoms. The van der Waals surface area contributed by atoms with Crippen molar-refractivity contribution in [2.45, 2.75) is 71.1 Å². The van der Waals surface area contributed by atoms with Gasteiger partial charge in [0.05, 0.1) is 0 Å². The molecule has 2 aliphatic rings. The Morgan fingerprint density at radius 3 is 1.81 bits per heavy atom. The van der Waals surface area contributed by atoms with Gasteiger partial charge in [-0.2, -0.15) is 0 Å². The second-order valence-electron chi connectivity index (χ2n) is 11.6. The molecule has 36 heavy (non-hydrogen) atoms. The summed E-state index contributed by atoms with van der Waals surface area (Å²) in [5, 5.41) is 11.4. The molecule has 2 aromatic carbocycles. The van der Waals surface area contributed by atoms with E-state index in [0.717, 1.165) is 27.8 Å². The number of hydrogen-bond donors (Lipinski definition) is 1. The third-order valence-corrected chi connectivity index (χ3v) is 7.15. The normalized spacial score (nSPS) is 21.3. The van der Waals surface area contributed by atoms with Crippen molar-refractivity contribution in [3.05, 3.63) is 84.3 Å². The molecule has 1 saturated carbocycles. The standard InChI is InChI=1S/C29H34F2O.CH3.2ClH.Ti/c1-28(2,3)18-15-23(27(32)24(16-18)29(4,5)6)20-10-8-7-9-19(20)17-13-21-22(14-17)26(31)12-11-25(21)30;;;;/h7-12,15-17,21-22,32H,13-14H2,1-6H3;1H3;2*1H;/q;-1;;;+2/p-2. The molecule has 2 atom stereocenters. The van der Waals surface area contributed by atoms with Crippen LogP contribution in [0.5, 0.6) is 5.75 Å². The third-order valence-electron chi connectivity index (χ3n) is 7.15. The minimum atomic E-state index is -0.556. The summed E-state index contributed by atoms with van der Waals surface area (Å²) < 4.78 is 28.9. The molecular weight excluding hydrogens is 533 g/mol. The van der Waals surface area contributed by atoms with Crippen LogP contribution in [-0.4, -0.2) is 5.11 Å². The van der Waals surface area contributed by atoms with Gasteiger partial charge < -0.3 is 12.5 Å². The summed E-state index contributed by atoms with van der Waals surface area (Å²) in [5.41, 5.74) is 4.59. The Labute approximate surface area is 232 Å². The fourth-order valence-electron chi connectivity index (χ4n) is 5.25. The van der Waals surface area contributed by atoms with Crippen molar-refractivity contribution in [2.75, 3.05) is 0 Å². The van der Waals surface area contributed by atoms with E-state index in [-0.39, 0.29) is 35.8 Å². The molecule has 0 aliphatic heterocycles. The molecule has 2 aliphatic carbocycles. The molecule has 0 radical (unpaired) electrons. The van der Waals surface area contributed by atoms with E-state index in [0.29, 0.717) is 18.6 Å². The van der Waals surface area contributed by atoms with Crippen molar-refractivity contribution in [2.24, 2.45) is 11.8 Å². The van der Waals surface area contributed by atoms with Crippen LogP contribution in [0.25, 0.3) is 11.1 Å². The van der Waals surface area contributed by atoms with E-state index in [4.69, 9.17) is 18.6 Å². The van der Waals surface area contributed by atoms with Crippen LogP contribution in [0.2, 0.25) is 0 Å². The van der Waals surface area contributed by atoms with Crippen molar-refractivity contribution in [3.63, 3.8) is 0 Å². The molecule has 0 amide bonds. The number of rotatable bonds is 2. The summed E-state index contributed by atoms with van der Waals surface area (Å²) in [6.07, 6.45) is 3.71. The maximum atomic E-state index is 14.5. The number of hydrogen-bond acceptors (Lipinski definition) is 1. The van der Waals surface area contributed by atoms with Crippen LogP contribution in [0.3, 0.4) is 0 Å². The monoisotopic (exact) mass is 569 g/mol. The first kappa shape index (κ1) is 31.1. The number of allylic oxidation sites excluding steroid dienone is 4. The Kier molecular flexibility index (Phi) is 10.5. The van der Waals surface area contributed by atoms with E-state index < -0.39 is 28.9 Å². The van der Waals surface area contributed by atoms with Gasteiger partial charge in [-0.25, -0.2) is 8.78 Å². The SMILES string of the molecule is CC(C)(C)c1cc(-c2ccccc2C2CC3C(F)=CC=C(F)C3C2)c(O)c(C(C)(C)C)c1.[CH3-].[Cl][Ti][Cl]. The van der Waals surface area contributed by atoms with Crippen LogP contribution in [0, 0.1) is 19.3 Å². The number of benzene rings is 2. The van der Waals surface area contributed by atoms with Gasteiger partial charge in [0.1, 0.15) is 17.4 Å². The number of aromatic hydroxyl groups is 1. The van der Waals surface area contributed by atoms with E-state index in [1.807, 2.05) is 18.2 Å². The Morgan fingerprint density at radius 2 is 1.33 bits per heavy atom. The van der Waals surface area contributed by atoms with Gasteiger partial charge in [-0.15, -0.1) is 0 Å². The average Bonchev–Trinajstić information content (AvgIpc) is 3.22. The zero-order valence-electron chi connectivity index (χ0n) is 22.2. The second-order valence-corrected chi connectivity index (χ2v) is 14.1. The van der Waals surface area contributed by atoms with E-state index in [2.05, 4.69) is 59.7 Å². The van der Waals surface area contributed by atoms with Crippen molar-refractivity contribution in [3.8, 4) is 16.9 Å². The van der Waals surface area contributed by atoms with Gasteiger partial charge in [-0.1, -0.05) is 71.9 Å². The van der Waals surface area contributed by atoms with Gasteiger partial charge in [-0.3, -0.25) is 0 Å². The summed E-state index contributed by atoms with van der Waals surface area (Å²) in [4.78, 5) is 0. The van der Waals surface area contributed by atoms with Gasteiger partial charge in [-0.05, 0) is 64.5 Å². The van der Waals surface area contributed by atoms with Crippen LogP contribution >= 0.6 is 18.6 Å². The molecule has 2 unspecified atom stereocenters. The summed E-state index contributed by atoms with van der Waals surface area (Å²) in [5.74, 6) is -0.887. The molecule has 0 aromatic heterocycles. The van der Waals surface area contributed by atoms with Crippen molar-refractivity contribution < 1.29 is 30.9 Å². The van der Waals surface area contributed by atoms with Crippen molar-refractivity contribution in [1.29, 1.82) is 0 Å². The van der Waals surface area contributed by atoms with Gasteiger partial charge >= 0.3 is 35.6 Å². The van der Waals surface area contributed by atoms with E-state index in [1.54, 1.807) is 0 Å². The number of phenolic OH excluding ortho intramolecular Hbond substituents is 1. The fraction of sp³-hybridized carbons (Fsp3) is 0.433. The Balaban J connectivity index is 0.00000109. The molecule has 1 N–H and O–H groups in total. The van der Waals surface area contributed by atoms with Gasteiger partial charge in [0.2, 0.25) is 0 Å². The van der Waals surface area contributed by atoms with Crippen LogP contribution in [0.4, 0.5) is 8.78 Å². The molecule has 4 rings (SSSR count). The van der Waals surface area contributed by atoms with Crippen LogP contribution in [0.15, 0.2) is 60.2 Å². The second kappa shape index (κ2) is 12.2. The average molecular weight is 570 g/mol. The predicted octanol–water partition coefficient (Wildman–Crippen LogP) is 10.3. The Morgan fingerprint density at radius 1 is 0.833 bits per heavy atom. The van der Waals surface area contributed by atoms with E-state index >= 15 is 0 Å². The first-order valence-corrected chi connectivity index (χ1v) is 16.3. The fourth-order valence-corrected chi connectivity index (χ4v) is 5.25. The minimum absolute atomic E-state index is 0. The van der Waals surface area contributed by atoms with Gasteiger partial charge in [0, 0.05) is 23.0 Å². The maximum absolute atomic E-state index is 14.5. The van der Waals surface area contributed by atoms with E-state index in [1.165, 1.54) is 12.2 Å². The van der Waals surface area contributed by atoms with E-state index in [9.17, 15) is 13.9 Å².